The molecule has 0 aromatic heterocycles. The lowest BCUT2D eigenvalue weighted by Crippen LogP contribution is -2.38. The van der Waals surface area contributed by atoms with Crippen molar-refractivity contribution in [1.82, 2.24) is 5.32 Å². The summed E-state index contributed by atoms with van der Waals surface area (Å²) >= 11 is 11.7. The van der Waals surface area contributed by atoms with E-state index in [2.05, 4.69) is 5.32 Å². The molecule has 1 amide bonds. The van der Waals surface area contributed by atoms with Crippen molar-refractivity contribution in [2.75, 3.05) is 11.5 Å². The van der Waals surface area contributed by atoms with Crippen molar-refractivity contribution in [3.05, 3.63) is 33.8 Å². The van der Waals surface area contributed by atoms with Gasteiger partial charge in [0, 0.05) is 11.8 Å². The first-order chi connectivity index (χ1) is 8.76. The van der Waals surface area contributed by atoms with Crippen LogP contribution < -0.4 is 5.32 Å². The molecule has 0 heterocycles. The maximum atomic E-state index is 12.0. The summed E-state index contributed by atoms with van der Waals surface area (Å²) in [6, 6.07) is 4.22. The number of hydrogen-bond donors (Lipinski definition) is 1. The summed E-state index contributed by atoms with van der Waals surface area (Å²) in [5.41, 5.74) is 0.231. The molecule has 0 aliphatic rings. The zero-order chi connectivity index (χ0) is 14.6. The average Bonchev–Trinajstić information content (AvgIpc) is 2.31. The molecule has 1 aromatic rings. The van der Waals surface area contributed by atoms with Crippen molar-refractivity contribution < 1.29 is 13.2 Å². The molecule has 0 radical (unpaired) electrons. The molecule has 0 saturated carbocycles. The second kappa shape index (κ2) is 6.59. The van der Waals surface area contributed by atoms with Gasteiger partial charge in [-0.3, -0.25) is 4.79 Å². The lowest BCUT2D eigenvalue weighted by molar-refractivity contribution is 0.0944. The minimum Gasteiger partial charge on any atom is -0.349 e. The van der Waals surface area contributed by atoms with Crippen molar-refractivity contribution in [1.29, 1.82) is 0 Å². The predicted molar refractivity (Wildman–Crippen MR) is 77.7 cm³/mol. The fraction of sp³-hybridized carbons (Fsp3) is 0.417. The van der Waals surface area contributed by atoms with Crippen LogP contribution in [0.25, 0.3) is 0 Å². The Bertz CT molecular complexity index is 572. The standard InChI is InChI=1S/C12H15Cl2NO3S/c1-3-19(17,18)7-8(2)15-12(16)9-5-4-6-10(13)11(9)14/h4-6,8H,3,7H2,1-2H3,(H,15,16). The van der Waals surface area contributed by atoms with Crippen LogP contribution >= 0.6 is 23.2 Å². The van der Waals surface area contributed by atoms with Crippen LogP contribution in [0.3, 0.4) is 0 Å². The highest BCUT2D eigenvalue weighted by Gasteiger charge is 2.18. The Morgan fingerprint density at radius 3 is 2.58 bits per heavy atom. The van der Waals surface area contributed by atoms with Gasteiger partial charge in [0.15, 0.2) is 9.84 Å². The normalized spacial score (nSPS) is 13.1. The molecule has 0 spiro atoms. The van der Waals surface area contributed by atoms with Gasteiger partial charge in [0.05, 0.1) is 21.4 Å². The number of amides is 1. The van der Waals surface area contributed by atoms with Crippen molar-refractivity contribution >= 4 is 38.9 Å². The van der Waals surface area contributed by atoms with Gasteiger partial charge in [-0.25, -0.2) is 8.42 Å². The summed E-state index contributed by atoms with van der Waals surface area (Å²) in [6.07, 6.45) is 0. The van der Waals surface area contributed by atoms with E-state index in [1.807, 2.05) is 0 Å². The fourth-order valence-electron chi connectivity index (χ4n) is 1.52. The quantitative estimate of drug-likeness (QED) is 0.905. The van der Waals surface area contributed by atoms with E-state index in [4.69, 9.17) is 23.2 Å². The van der Waals surface area contributed by atoms with Gasteiger partial charge in [-0.2, -0.15) is 0 Å². The zero-order valence-electron chi connectivity index (χ0n) is 10.6. The van der Waals surface area contributed by atoms with Crippen LogP contribution in [0.5, 0.6) is 0 Å². The Hall–Kier alpha value is -0.780. The van der Waals surface area contributed by atoms with Gasteiger partial charge in [-0.1, -0.05) is 36.2 Å². The van der Waals surface area contributed by atoms with E-state index in [0.29, 0.717) is 0 Å². The molecule has 1 aromatic carbocycles. The second-order valence-corrected chi connectivity index (χ2v) is 7.36. The number of benzene rings is 1. The number of rotatable bonds is 5. The molecule has 106 valence electrons. The highest BCUT2D eigenvalue weighted by molar-refractivity contribution is 7.91. The summed E-state index contributed by atoms with van der Waals surface area (Å²) in [5.74, 6) is -0.496. The van der Waals surface area contributed by atoms with Crippen molar-refractivity contribution in [2.45, 2.75) is 19.9 Å². The maximum Gasteiger partial charge on any atom is 0.253 e. The van der Waals surface area contributed by atoms with E-state index in [9.17, 15) is 13.2 Å². The fourth-order valence-corrected chi connectivity index (χ4v) is 2.99. The van der Waals surface area contributed by atoms with Gasteiger partial charge < -0.3 is 5.32 Å². The topological polar surface area (TPSA) is 63.2 Å². The summed E-state index contributed by atoms with van der Waals surface area (Å²) < 4.78 is 22.9. The van der Waals surface area contributed by atoms with Gasteiger partial charge in [-0.05, 0) is 19.1 Å². The largest absolute Gasteiger partial charge is 0.349 e. The SMILES string of the molecule is CCS(=O)(=O)CC(C)NC(=O)c1cccc(Cl)c1Cl. The number of nitrogens with one attached hydrogen (secondary N) is 1. The van der Waals surface area contributed by atoms with Gasteiger partial charge in [-0.15, -0.1) is 0 Å². The van der Waals surface area contributed by atoms with Crippen LogP contribution in [0.4, 0.5) is 0 Å². The molecule has 0 aliphatic carbocycles. The number of sulfone groups is 1. The highest BCUT2D eigenvalue weighted by atomic mass is 35.5. The lowest BCUT2D eigenvalue weighted by Gasteiger charge is -2.14. The first-order valence-corrected chi connectivity index (χ1v) is 8.30. The number of halogens is 2. The van der Waals surface area contributed by atoms with E-state index in [1.54, 1.807) is 26.0 Å². The summed E-state index contributed by atoms with van der Waals surface area (Å²) in [5, 5.41) is 3.03. The van der Waals surface area contributed by atoms with E-state index < -0.39 is 21.8 Å². The predicted octanol–water partition coefficient (Wildman–Crippen LogP) is 2.55. The van der Waals surface area contributed by atoms with Crippen LogP contribution in [-0.4, -0.2) is 31.9 Å². The van der Waals surface area contributed by atoms with Crippen molar-refractivity contribution in [3.63, 3.8) is 0 Å². The van der Waals surface area contributed by atoms with Crippen LogP contribution in [0, 0.1) is 0 Å². The van der Waals surface area contributed by atoms with Crippen molar-refractivity contribution in [3.8, 4) is 0 Å². The third kappa shape index (κ3) is 4.67. The minimum absolute atomic E-state index is 0.0468. The smallest absolute Gasteiger partial charge is 0.253 e. The summed E-state index contributed by atoms with van der Waals surface area (Å²) in [6.45, 7) is 3.20. The van der Waals surface area contributed by atoms with Gasteiger partial charge in [0.2, 0.25) is 0 Å². The monoisotopic (exact) mass is 323 g/mol. The molecule has 0 fully saturated rings. The van der Waals surface area contributed by atoms with E-state index >= 15 is 0 Å². The Kier molecular flexibility index (Phi) is 5.64. The zero-order valence-corrected chi connectivity index (χ0v) is 12.9. The Balaban J connectivity index is 2.78. The van der Waals surface area contributed by atoms with Gasteiger partial charge >= 0.3 is 0 Å². The van der Waals surface area contributed by atoms with Crippen LogP contribution in [0.15, 0.2) is 18.2 Å². The summed E-state index contributed by atoms with van der Waals surface area (Å²) in [4.78, 5) is 12.0. The number of carbonyl (C=O) groups is 1. The Labute approximate surface area is 123 Å². The average molecular weight is 324 g/mol. The van der Waals surface area contributed by atoms with E-state index in [0.717, 1.165) is 0 Å². The molecule has 0 saturated heterocycles. The van der Waals surface area contributed by atoms with Crippen LogP contribution in [0.1, 0.15) is 24.2 Å². The molecule has 19 heavy (non-hydrogen) atoms. The molecule has 0 bridgehead atoms. The third-order valence-electron chi connectivity index (χ3n) is 2.52. The van der Waals surface area contributed by atoms with Crippen LogP contribution in [0.2, 0.25) is 10.0 Å². The first kappa shape index (κ1) is 16.3. The van der Waals surface area contributed by atoms with Gasteiger partial charge in [0.25, 0.3) is 5.91 Å². The minimum atomic E-state index is -3.14. The molecular formula is C12H15Cl2NO3S. The molecule has 1 atom stereocenters. The summed E-state index contributed by atoms with van der Waals surface area (Å²) in [7, 11) is -3.14. The molecule has 1 rings (SSSR count). The molecule has 0 aliphatic heterocycles. The number of carbonyl (C=O) groups excluding carboxylic acids is 1. The second-order valence-electron chi connectivity index (χ2n) is 4.17. The molecule has 1 N–H and O–H groups in total. The van der Waals surface area contributed by atoms with E-state index in [-0.39, 0.29) is 27.1 Å². The van der Waals surface area contributed by atoms with Crippen molar-refractivity contribution in [2.24, 2.45) is 0 Å². The van der Waals surface area contributed by atoms with E-state index in [1.165, 1.54) is 6.07 Å². The first-order valence-electron chi connectivity index (χ1n) is 5.72. The third-order valence-corrected chi connectivity index (χ3v) is 5.22. The molecule has 1 unspecified atom stereocenters. The van der Waals surface area contributed by atoms with Crippen LogP contribution in [-0.2, 0) is 9.84 Å². The lowest BCUT2D eigenvalue weighted by atomic mass is 10.2. The molecule has 4 nitrogen and oxygen atoms in total. The molecule has 7 heteroatoms. The Morgan fingerprint density at radius 2 is 2.00 bits per heavy atom. The Morgan fingerprint density at radius 1 is 1.37 bits per heavy atom. The van der Waals surface area contributed by atoms with Gasteiger partial charge in [0.1, 0.15) is 0 Å². The highest BCUT2D eigenvalue weighted by Crippen LogP contribution is 2.25. The molecular weight excluding hydrogens is 309 g/mol. The maximum absolute atomic E-state index is 12.0. The number of hydrogen-bond acceptors (Lipinski definition) is 3.